The van der Waals surface area contributed by atoms with E-state index in [-0.39, 0.29) is 13.2 Å². The van der Waals surface area contributed by atoms with E-state index in [9.17, 15) is 14.4 Å². The lowest BCUT2D eigenvalue weighted by Crippen LogP contribution is -2.41. The SMILES string of the molecule is Cc1ccc2c(c1C=C(CNC(=O)OCc1ccccc1)B1OC(C)(C)C(C)(C)O1)C(=O)C(=O)N2. The minimum absolute atomic E-state index is 0.0587. The molecule has 1 saturated heterocycles. The Labute approximate surface area is 205 Å². The van der Waals surface area contributed by atoms with Gasteiger partial charge in [0, 0.05) is 6.54 Å². The average molecular weight is 476 g/mol. The van der Waals surface area contributed by atoms with Crippen LogP contribution in [0.1, 0.15) is 54.7 Å². The van der Waals surface area contributed by atoms with Crippen molar-refractivity contribution < 1.29 is 28.4 Å². The van der Waals surface area contributed by atoms with Gasteiger partial charge in [0.2, 0.25) is 0 Å². The number of fused-ring (bicyclic) bond motifs is 1. The van der Waals surface area contributed by atoms with E-state index in [0.717, 1.165) is 11.1 Å². The standard InChI is InChI=1S/C26H29BN2O6/c1-16-11-12-20-21(22(30)23(31)29-20)19(16)13-18(27-34-25(2,3)26(4,5)35-27)14-28-24(32)33-15-17-9-7-6-8-10-17/h6-13H,14-15H2,1-5H3,(H,28,32)(H,29,30,31). The lowest BCUT2D eigenvalue weighted by Gasteiger charge is -2.32. The molecule has 2 amide bonds. The number of rotatable bonds is 6. The number of alkyl carbamates (subject to hydrolysis) is 1. The molecular weight excluding hydrogens is 447 g/mol. The molecule has 0 atom stereocenters. The number of hydrogen-bond acceptors (Lipinski definition) is 6. The number of nitrogens with one attached hydrogen (secondary N) is 2. The lowest BCUT2D eigenvalue weighted by molar-refractivity contribution is -0.112. The number of anilines is 1. The average Bonchev–Trinajstić information content (AvgIpc) is 3.22. The first-order chi connectivity index (χ1) is 16.5. The lowest BCUT2D eigenvalue weighted by atomic mass is 9.76. The van der Waals surface area contributed by atoms with Gasteiger partial charge in [-0.1, -0.05) is 42.5 Å². The molecule has 0 radical (unpaired) electrons. The Kier molecular flexibility index (Phi) is 6.57. The molecule has 2 N–H and O–H groups in total. The van der Waals surface area contributed by atoms with E-state index < -0.39 is 36.1 Å². The van der Waals surface area contributed by atoms with Gasteiger partial charge in [-0.2, -0.15) is 0 Å². The van der Waals surface area contributed by atoms with Gasteiger partial charge in [0.1, 0.15) is 6.61 Å². The highest BCUT2D eigenvalue weighted by Crippen LogP contribution is 2.39. The molecule has 4 rings (SSSR count). The van der Waals surface area contributed by atoms with Gasteiger partial charge in [0.15, 0.2) is 0 Å². The van der Waals surface area contributed by atoms with Crippen molar-refractivity contribution in [3.8, 4) is 0 Å². The van der Waals surface area contributed by atoms with Crippen LogP contribution in [0.3, 0.4) is 0 Å². The molecule has 2 aromatic rings. The topological polar surface area (TPSA) is 103 Å². The van der Waals surface area contributed by atoms with E-state index in [1.807, 2.05) is 71.0 Å². The van der Waals surface area contributed by atoms with Gasteiger partial charge >= 0.3 is 13.2 Å². The molecule has 2 aliphatic rings. The van der Waals surface area contributed by atoms with Crippen molar-refractivity contribution in [3.05, 3.63) is 70.2 Å². The molecule has 2 aromatic carbocycles. The minimum Gasteiger partial charge on any atom is -0.445 e. The second-order valence-electron chi connectivity index (χ2n) is 9.72. The van der Waals surface area contributed by atoms with Gasteiger partial charge in [-0.25, -0.2) is 4.79 Å². The summed E-state index contributed by atoms with van der Waals surface area (Å²) >= 11 is 0. The molecule has 0 bridgehead atoms. The van der Waals surface area contributed by atoms with E-state index in [1.54, 1.807) is 12.1 Å². The highest BCUT2D eigenvalue weighted by Gasteiger charge is 2.52. The minimum atomic E-state index is -0.773. The Hall–Kier alpha value is -3.43. The molecular formula is C26H29BN2O6. The molecule has 0 spiro atoms. The number of carbonyl (C=O) groups excluding carboxylic acids is 3. The Morgan fingerprint density at radius 2 is 1.71 bits per heavy atom. The molecule has 0 aliphatic carbocycles. The smallest absolute Gasteiger partial charge is 0.445 e. The van der Waals surface area contributed by atoms with Gasteiger partial charge in [-0.05, 0) is 62.8 Å². The largest absolute Gasteiger partial charge is 0.492 e. The quantitative estimate of drug-likeness (QED) is 0.482. The van der Waals surface area contributed by atoms with Crippen LogP contribution in [0.25, 0.3) is 6.08 Å². The molecule has 182 valence electrons. The van der Waals surface area contributed by atoms with Crippen LogP contribution in [0.15, 0.2) is 47.9 Å². The van der Waals surface area contributed by atoms with Crippen LogP contribution in [0, 0.1) is 6.92 Å². The maximum atomic E-state index is 12.6. The van der Waals surface area contributed by atoms with Gasteiger partial charge < -0.3 is 24.7 Å². The number of aryl methyl sites for hydroxylation is 1. The monoisotopic (exact) mass is 476 g/mol. The first-order valence-electron chi connectivity index (χ1n) is 11.5. The molecule has 2 aliphatic heterocycles. The van der Waals surface area contributed by atoms with Crippen molar-refractivity contribution in [1.82, 2.24) is 5.32 Å². The van der Waals surface area contributed by atoms with Gasteiger partial charge in [-0.15, -0.1) is 0 Å². The Bertz CT molecular complexity index is 1190. The summed E-state index contributed by atoms with van der Waals surface area (Å²) in [6, 6.07) is 12.9. The van der Waals surface area contributed by atoms with Crippen LogP contribution in [-0.4, -0.2) is 42.6 Å². The highest BCUT2D eigenvalue weighted by molar-refractivity contribution is 6.56. The normalized spacial score (nSPS) is 18.3. The first kappa shape index (κ1) is 24.7. The number of hydrogen-bond donors (Lipinski definition) is 2. The predicted octanol–water partition coefficient (Wildman–Crippen LogP) is 4.07. The number of ether oxygens (including phenoxy) is 1. The molecule has 9 heteroatoms. The summed E-state index contributed by atoms with van der Waals surface area (Å²) in [6.07, 6.45) is 1.16. The molecule has 0 aromatic heterocycles. The number of benzene rings is 2. The van der Waals surface area contributed by atoms with Crippen LogP contribution in [0.5, 0.6) is 0 Å². The van der Waals surface area contributed by atoms with Crippen molar-refractivity contribution in [3.63, 3.8) is 0 Å². The summed E-state index contributed by atoms with van der Waals surface area (Å²) in [5, 5.41) is 5.35. The first-order valence-corrected chi connectivity index (χ1v) is 11.5. The fraction of sp³-hybridized carbons (Fsp3) is 0.346. The third-order valence-corrected chi connectivity index (χ3v) is 6.68. The number of Topliss-reactive ketones (excluding diaryl/α,β-unsaturated/α-hetero) is 1. The zero-order valence-electron chi connectivity index (χ0n) is 20.6. The zero-order valence-corrected chi connectivity index (χ0v) is 20.6. The molecule has 0 unspecified atom stereocenters. The van der Waals surface area contributed by atoms with E-state index in [1.165, 1.54) is 0 Å². The van der Waals surface area contributed by atoms with Crippen LogP contribution in [0.4, 0.5) is 10.5 Å². The van der Waals surface area contributed by atoms with Gasteiger partial charge in [0.25, 0.3) is 11.7 Å². The predicted molar refractivity (Wildman–Crippen MR) is 133 cm³/mol. The molecule has 0 saturated carbocycles. The summed E-state index contributed by atoms with van der Waals surface area (Å²) in [5.41, 5.74) is 2.39. The molecule has 1 fully saturated rings. The number of amides is 2. The van der Waals surface area contributed by atoms with Crippen LogP contribution >= 0.6 is 0 Å². The third kappa shape index (κ3) is 5.01. The van der Waals surface area contributed by atoms with E-state index in [0.29, 0.717) is 22.3 Å². The number of ketones is 1. The van der Waals surface area contributed by atoms with E-state index in [2.05, 4.69) is 10.6 Å². The van der Waals surface area contributed by atoms with E-state index in [4.69, 9.17) is 14.0 Å². The van der Waals surface area contributed by atoms with Crippen LogP contribution in [-0.2, 0) is 25.4 Å². The van der Waals surface area contributed by atoms with Crippen molar-refractivity contribution >= 4 is 36.7 Å². The second kappa shape index (κ2) is 9.32. The fourth-order valence-electron chi connectivity index (χ4n) is 3.88. The third-order valence-electron chi connectivity index (χ3n) is 6.68. The molecule has 2 heterocycles. The van der Waals surface area contributed by atoms with Crippen LogP contribution < -0.4 is 10.6 Å². The van der Waals surface area contributed by atoms with Gasteiger partial charge in [0.05, 0.1) is 22.5 Å². The molecule has 8 nitrogen and oxygen atoms in total. The molecule has 35 heavy (non-hydrogen) atoms. The summed E-state index contributed by atoms with van der Waals surface area (Å²) in [6.45, 7) is 9.78. The maximum Gasteiger partial charge on any atom is 0.492 e. The zero-order chi connectivity index (χ0) is 25.4. The fourth-order valence-corrected chi connectivity index (χ4v) is 3.88. The van der Waals surface area contributed by atoms with Crippen LogP contribution in [0.2, 0.25) is 0 Å². The van der Waals surface area contributed by atoms with E-state index >= 15 is 0 Å². The van der Waals surface area contributed by atoms with Crippen molar-refractivity contribution in [1.29, 1.82) is 0 Å². The Morgan fingerprint density at radius 3 is 2.37 bits per heavy atom. The van der Waals surface area contributed by atoms with Crippen molar-refractivity contribution in [2.45, 2.75) is 52.4 Å². The number of carbonyl (C=O) groups is 3. The van der Waals surface area contributed by atoms with Gasteiger partial charge in [-0.3, -0.25) is 9.59 Å². The van der Waals surface area contributed by atoms with Crippen molar-refractivity contribution in [2.24, 2.45) is 0 Å². The maximum absolute atomic E-state index is 12.6. The Balaban J connectivity index is 1.61. The summed E-state index contributed by atoms with van der Waals surface area (Å²) < 4.78 is 17.8. The summed E-state index contributed by atoms with van der Waals surface area (Å²) in [4.78, 5) is 37.0. The highest BCUT2D eigenvalue weighted by atomic mass is 16.7. The van der Waals surface area contributed by atoms with Crippen molar-refractivity contribution in [2.75, 3.05) is 11.9 Å². The summed E-state index contributed by atoms with van der Waals surface area (Å²) in [7, 11) is -0.773. The second-order valence-corrected chi connectivity index (χ2v) is 9.72. The Morgan fingerprint density at radius 1 is 1.06 bits per heavy atom. The summed E-state index contributed by atoms with van der Waals surface area (Å²) in [5.74, 6) is -1.27.